The van der Waals surface area contributed by atoms with Crippen LogP contribution in [0.4, 0.5) is 5.69 Å². The zero-order valence-corrected chi connectivity index (χ0v) is 15.8. The van der Waals surface area contributed by atoms with Gasteiger partial charge in [0.25, 0.3) is 5.91 Å². The average Bonchev–Trinajstić information content (AvgIpc) is 2.74. The number of ether oxygens (including phenoxy) is 2. The Bertz CT molecular complexity index is 999. The van der Waals surface area contributed by atoms with E-state index in [4.69, 9.17) is 15.2 Å². The lowest BCUT2D eigenvalue weighted by atomic mass is 10.0. The molecule has 1 aromatic heterocycles. The minimum absolute atomic E-state index is 0.0435. The Hall–Kier alpha value is -2.96. The lowest BCUT2D eigenvalue weighted by Gasteiger charge is -2.27. The molecule has 6 nitrogen and oxygen atoms in total. The number of likely N-dealkylation sites (N-methyl/N-ethyl adjacent to an activating group) is 1. The molecule has 1 aliphatic rings. The van der Waals surface area contributed by atoms with Crippen molar-refractivity contribution >= 4 is 22.5 Å². The van der Waals surface area contributed by atoms with E-state index in [1.807, 2.05) is 42.5 Å². The van der Waals surface area contributed by atoms with Gasteiger partial charge in [0, 0.05) is 36.4 Å². The summed E-state index contributed by atoms with van der Waals surface area (Å²) in [5, 5.41) is 0.906. The van der Waals surface area contributed by atoms with Crippen LogP contribution in [0.2, 0.25) is 0 Å². The molecule has 2 aromatic carbocycles. The SMILES string of the molecule is CN(C[C@H]1COCCO1)C(=O)c1cccc(-c2ccc3nccc(N)c3c2)c1. The first-order chi connectivity index (χ1) is 13.6. The van der Waals surface area contributed by atoms with Gasteiger partial charge in [-0.1, -0.05) is 18.2 Å². The van der Waals surface area contributed by atoms with E-state index >= 15 is 0 Å². The van der Waals surface area contributed by atoms with E-state index in [1.54, 1.807) is 24.2 Å². The molecule has 1 atom stereocenters. The summed E-state index contributed by atoms with van der Waals surface area (Å²) in [4.78, 5) is 18.9. The second-order valence-corrected chi connectivity index (χ2v) is 6.97. The smallest absolute Gasteiger partial charge is 0.253 e. The van der Waals surface area contributed by atoms with E-state index in [9.17, 15) is 4.79 Å². The summed E-state index contributed by atoms with van der Waals surface area (Å²) in [7, 11) is 1.79. The molecule has 2 N–H and O–H groups in total. The quantitative estimate of drug-likeness (QED) is 0.756. The monoisotopic (exact) mass is 377 g/mol. The highest BCUT2D eigenvalue weighted by Crippen LogP contribution is 2.27. The molecule has 144 valence electrons. The molecule has 28 heavy (non-hydrogen) atoms. The van der Waals surface area contributed by atoms with Crippen LogP contribution in [0.1, 0.15) is 10.4 Å². The van der Waals surface area contributed by atoms with Gasteiger partial charge in [-0.15, -0.1) is 0 Å². The van der Waals surface area contributed by atoms with E-state index in [0.717, 1.165) is 22.0 Å². The van der Waals surface area contributed by atoms with Gasteiger partial charge in [0.2, 0.25) is 0 Å². The second-order valence-electron chi connectivity index (χ2n) is 6.97. The third kappa shape index (κ3) is 3.83. The summed E-state index contributed by atoms with van der Waals surface area (Å²) in [6.45, 7) is 2.20. The Kier molecular flexibility index (Phi) is 5.23. The summed E-state index contributed by atoms with van der Waals surface area (Å²) in [5.74, 6) is -0.0435. The van der Waals surface area contributed by atoms with Crippen LogP contribution in [-0.4, -0.2) is 55.3 Å². The molecule has 0 aliphatic carbocycles. The van der Waals surface area contributed by atoms with Gasteiger partial charge in [-0.3, -0.25) is 9.78 Å². The number of aromatic nitrogens is 1. The fourth-order valence-corrected chi connectivity index (χ4v) is 3.43. The van der Waals surface area contributed by atoms with Crippen molar-refractivity contribution in [1.82, 2.24) is 9.88 Å². The van der Waals surface area contributed by atoms with Crippen LogP contribution in [0.15, 0.2) is 54.7 Å². The van der Waals surface area contributed by atoms with Gasteiger partial charge < -0.3 is 20.1 Å². The Morgan fingerprint density at radius 1 is 1.18 bits per heavy atom. The predicted molar refractivity (Wildman–Crippen MR) is 109 cm³/mol. The molecule has 1 aliphatic heterocycles. The van der Waals surface area contributed by atoms with Crippen LogP contribution in [-0.2, 0) is 9.47 Å². The highest BCUT2D eigenvalue weighted by atomic mass is 16.6. The number of hydrogen-bond donors (Lipinski definition) is 1. The first kappa shape index (κ1) is 18.4. The van der Waals surface area contributed by atoms with Crippen LogP contribution in [0, 0.1) is 0 Å². The largest absolute Gasteiger partial charge is 0.398 e. The van der Waals surface area contributed by atoms with Crippen LogP contribution in [0.5, 0.6) is 0 Å². The van der Waals surface area contributed by atoms with Crippen molar-refractivity contribution in [3.63, 3.8) is 0 Å². The van der Waals surface area contributed by atoms with Crippen molar-refractivity contribution in [2.45, 2.75) is 6.10 Å². The van der Waals surface area contributed by atoms with Crippen molar-refractivity contribution in [3.8, 4) is 11.1 Å². The number of pyridine rings is 1. The van der Waals surface area contributed by atoms with E-state index in [-0.39, 0.29) is 12.0 Å². The number of benzene rings is 2. The number of nitrogen functional groups attached to an aromatic ring is 1. The zero-order valence-electron chi connectivity index (χ0n) is 15.8. The van der Waals surface area contributed by atoms with E-state index in [1.165, 1.54) is 0 Å². The molecular formula is C22H23N3O3. The lowest BCUT2D eigenvalue weighted by Crippen LogP contribution is -2.40. The maximum atomic E-state index is 12.9. The Balaban J connectivity index is 1.57. The second kappa shape index (κ2) is 7.96. The van der Waals surface area contributed by atoms with Gasteiger partial charge >= 0.3 is 0 Å². The molecule has 1 amide bonds. The van der Waals surface area contributed by atoms with Gasteiger partial charge in [0.15, 0.2) is 0 Å². The molecule has 2 heterocycles. The predicted octanol–water partition coefficient (Wildman–Crippen LogP) is 2.97. The maximum absolute atomic E-state index is 12.9. The van der Waals surface area contributed by atoms with Gasteiger partial charge in [0.1, 0.15) is 0 Å². The number of rotatable bonds is 4. The molecule has 0 spiro atoms. The highest BCUT2D eigenvalue weighted by Gasteiger charge is 2.20. The molecule has 0 saturated carbocycles. The number of nitrogens with two attached hydrogens (primary N) is 1. The minimum Gasteiger partial charge on any atom is -0.398 e. The first-order valence-electron chi connectivity index (χ1n) is 9.31. The van der Waals surface area contributed by atoms with Crippen LogP contribution < -0.4 is 5.73 Å². The summed E-state index contributed by atoms with van der Waals surface area (Å²) in [6.07, 6.45) is 1.62. The van der Waals surface area contributed by atoms with Gasteiger partial charge in [0.05, 0.1) is 31.4 Å². The molecule has 0 radical (unpaired) electrons. The molecule has 1 saturated heterocycles. The molecule has 4 rings (SSSR count). The van der Waals surface area contributed by atoms with Crippen molar-refractivity contribution in [3.05, 3.63) is 60.3 Å². The van der Waals surface area contributed by atoms with Crippen LogP contribution in [0.3, 0.4) is 0 Å². The lowest BCUT2D eigenvalue weighted by molar-refractivity contribution is -0.0933. The average molecular weight is 377 g/mol. The third-order valence-electron chi connectivity index (χ3n) is 4.93. The number of carbonyl (C=O) groups is 1. The molecule has 0 unspecified atom stereocenters. The topological polar surface area (TPSA) is 77.7 Å². The Labute approximate surface area is 163 Å². The fraction of sp³-hybridized carbons (Fsp3) is 0.273. The Morgan fingerprint density at radius 2 is 2.04 bits per heavy atom. The number of hydrogen-bond acceptors (Lipinski definition) is 5. The van der Waals surface area contributed by atoms with E-state index in [2.05, 4.69) is 4.98 Å². The Morgan fingerprint density at radius 3 is 2.86 bits per heavy atom. The molecule has 3 aromatic rings. The number of fused-ring (bicyclic) bond motifs is 1. The third-order valence-corrected chi connectivity index (χ3v) is 4.93. The number of anilines is 1. The summed E-state index contributed by atoms with van der Waals surface area (Å²) < 4.78 is 11.1. The normalized spacial score (nSPS) is 16.8. The van der Waals surface area contributed by atoms with Crippen molar-refractivity contribution < 1.29 is 14.3 Å². The van der Waals surface area contributed by atoms with Crippen molar-refractivity contribution in [2.24, 2.45) is 0 Å². The van der Waals surface area contributed by atoms with E-state index in [0.29, 0.717) is 37.6 Å². The molecule has 1 fully saturated rings. The number of carbonyl (C=O) groups excluding carboxylic acids is 1. The summed E-state index contributed by atoms with van der Waals surface area (Å²) in [5.41, 5.74) is 10.2. The highest BCUT2D eigenvalue weighted by molar-refractivity contribution is 5.97. The summed E-state index contributed by atoms with van der Waals surface area (Å²) in [6, 6.07) is 15.4. The molecule has 0 bridgehead atoms. The maximum Gasteiger partial charge on any atom is 0.253 e. The van der Waals surface area contributed by atoms with Gasteiger partial charge in [-0.25, -0.2) is 0 Å². The summed E-state index contributed by atoms with van der Waals surface area (Å²) >= 11 is 0. The number of amides is 1. The van der Waals surface area contributed by atoms with Crippen molar-refractivity contribution in [2.75, 3.05) is 39.1 Å². The first-order valence-corrected chi connectivity index (χ1v) is 9.31. The van der Waals surface area contributed by atoms with Crippen LogP contribution >= 0.6 is 0 Å². The zero-order chi connectivity index (χ0) is 19.5. The van der Waals surface area contributed by atoms with Crippen molar-refractivity contribution in [1.29, 1.82) is 0 Å². The number of nitrogens with zero attached hydrogens (tertiary/aromatic N) is 2. The fourth-order valence-electron chi connectivity index (χ4n) is 3.43. The van der Waals surface area contributed by atoms with E-state index < -0.39 is 0 Å². The standard InChI is InChI=1S/C22H23N3O3/c1-25(13-18-14-27-9-10-28-18)22(26)17-4-2-3-15(11-17)16-5-6-21-19(12-16)20(23)7-8-24-21/h2-8,11-12,18H,9-10,13-14H2,1H3,(H2,23,24)/t18-/m0/s1. The van der Waals surface area contributed by atoms with Crippen LogP contribution in [0.25, 0.3) is 22.0 Å². The van der Waals surface area contributed by atoms with Gasteiger partial charge in [-0.2, -0.15) is 0 Å². The van der Waals surface area contributed by atoms with Gasteiger partial charge in [-0.05, 0) is 41.5 Å². The molecule has 6 heteroatoms. The minimum atomic E-state index is -0.0816. The molecular weight excluding hydrogens is 354 g/mol.